The van der Waals surface area contributed by atoms with E-state index in [0.29, 0.717) is 0 Å². The Labute approximate surface area is 122 Å². The van der Waals surface area contributed by atoms with E-state index in [-0.39, 0.29) is 18.6 Å². The molecule has 0 saturated carbocycles. The van der Waals surface area contributed by atoms with Gasteiger partial charge in [-0.25, -0.2) is 9.97 Å². The maximum Gasteiger partial charge on any atom is 0.245 e. The van der Waals surface area contributed by atoms with Crippen LogP contribution in [0.3, 0.4) is 0 Å². The van der Waals surface area contributed by atoms with Crippen LogP contribution in [0.25, 0.3) is 11.0 Å². The Balaban J connectivity index is 1.69. The van der Waals surface area contributed by atoms with Gasteiger partial charge in [0.25, 0.3) is 0 Å². The van der Waals surface area contributed by atoms with Crippen molar-refractivity contribution in [2.24, 2.45) is 0 Å². The highest BCUT2D eigenvalue weighted by Gasteiger charge is 2.30. The Bertz CT molecular complexity index is 648. The summed E-state index contributed by atoms with van der Waals surface area (Å²) in [5.41, 5.74) is 2.09. The van der Waals surface area contributed by atoms with Crippen LogP contribution in [0.5, 0.6) is 0 Å². The number of anilines is 1. The number of ether oxygens (including phenoxy) is 1. The molecule has 1 aliphatic rings. The summed E-state index contributed by atoms with van der Waals surface area (Å²) in [5.74, 6) is 0.842. The molecule has 7 nitrogen and oxygen atoms in total. The van der Waals surface area contributed by atoms with Gasteiger partial charge in [-0.05, 0) is 12.0 Å². The molecule has 0 spiro atoms. The van der Waals surface area contributed by atoms with Crippen LogP contribution in [0, 0.1) is 0 Å². The lowest BCUT2D eigenvalue weighted by Crippen LogP contribution is -2.53. The first-order valence-electron chi connectivity index (χ1n) is 7.11. The molecule has 0 atom stereocenters. The van der Waals surface area contributed by atoms with E-state index in [0.717, 1.165) is 36.4 Å². The lowest BCUT2D eigenvalue weighted by Gasteiger charge is -2.39. The third-order valence-corrected chi connectivity index (χ3v) is 3.79. The molecule has 2 N–H and O–H groups in total. The summed E-state index contributed by atoms with van der Waals surface area (Å²) in [5, 5.41) is 3.63. The average molecular weight is 289 g/mol. The number of hydrogen-bond acceptors (Lipinski definition) is 5. The molecule has 0 aliphatic carbocycles. The number of carbonyl (C=O) groups is 1. The van der Waals surface area contributed by atoms with Crippen LogP contribution in [0.15, 0.2) is 12.5 Å². The zero-order chi connectivity index (χ0) is 14.8. The minimum Gasteiger partial charge on any atom is -0.365 e. The molecule has 0 aromatic carbocycles. The van der Waals surface area contributed by atoms with Crippen molar-refractivity contribution in [2.45, 2.75) is 19.4 Å². The maximum absolute atomic E-state index is 11.2. The van der Waals surface area contributed by atoms with Gasteiger partial charge in [0.2, 0.25) is 5.91 Å². The molecule has 0 unspecified atom stereocenters. The SMILES string of the molecule is CCc1c[nH]c2ncnc(N3CC(OCC(=O)NC)C3)c12. The van der Waals surface area contributed by atoms with E-state index < -0.39 is 0 Å². The number of amides is 1. The zero-order valence-corrected chi connectivity index (χ0v) is 12.2. The number of carbonyl (C=O) groups excluding carboxylic acids is 1. The minimum absolute atomic E-state index is 0.0799. The van der Waals surface area contributed by atoms with E-state index >= 15 is 0 Å². The lowest BCUT2D eigenvalue weighted by molar-refractivity contribution is -0.127. The van der Waals surface area contributed by atoms with Crippen LogP contribution in [0.2, 0.25) is 0 Å². The van der Waals surface area contributed by atoms with Crippen molar-refractivity contribution < 1.29 is 9.53 Å². The number of hydrogen-bond donors (Lipinski definition) is 2. The third-order valence-electron chi connectivity index (χ3n) is 3.79. The summed E-state index contributed by atoms with van der Waals surface area (Å²) < 4.78 is 5.53. The predicted molar refractivity (Wildman–Crippen MR) is 79.3 cm³/mol. The molecule has 7 heteroatoms. The van der Waals surface area contributed by atoms with Gasteiger partial charge in [0, 0.05) is 26.3 Å². The fourth-order valence-corrected chi connectivity index (χ4v) is 2.51. The summed E-state index contributed by atoms with van der Waals surface area (Å²) in [6.45, 7) is 3.72. The standard InChI is InChI=1S/C14H19N5O2/c1-3-9-4-16-13-12(9)14(18-8-17-13)19-5-10(6-19)21-7-11(20)15-2/h4,8,10H,3,5-7H2,1-2H3,(H,15,20)(H,16,17,18). The molecule has 3 heterocycles. The zero-order valence-electron chi connectivity index (χ0n) is 12.2. The van der Waals surface area contributed by atoms with Crippen LogP contribution in [-0.4, -0.2) is 53.7 Å². The maximum atomic E-state index is 11.2. The highest BCUT2D eigenvalue weighted by molar-refractivity contribution is 5.91. The number of rotatable bonds is 5. The van der Waals surface area contributed by atoms with Gasteiger partial charge in [-0.3, -0.25) is 4.79 Å². The normalized spacial score (nSPS) is 15.2. The van der Waals surface area contributed by atoms with Crippen molar-refractivity contribution in [3.63, 3.8) is 0 Å². The first-order valence-corrected chi connectivity index (χ1v) is 7.11. The molecule has 1 aliphatic heterocycles. The molecule has 1 saturated heterocycles. The summed E-state index contributed by atoms with van der Waals surface area (Å²) >= 11 is 0. The number of aryl methyl sites for hydroxylation is 1. The van der Waals surface area contributed by atoms with Crippen LogP contribution < -0.4 is 10.2 Å². The molecule has 112 valence electrons. The molecule has 21 heavy (non-hydrogen) atoms. The van der Waals surface area contributed by atoms with Gasteiger partial charge >= 0.3 is 0 Å². The molecule has 2 aromatic rings. The first-order chi connectivity index (χ1) is 10.2. The molecule has 0 radical (unpaired) electrons. The number of nitrogens with zero attached hydrogens (tertiary/aromatic N) is 3. The van der Waals surface area contributed by atoms with Crippen molar-refractivity contribution in [2.75, 3.05) is 31.6 Å². The molecular formula is C14H19N5O2. The van der Waals surface area contributed by atoms with Gasteiger partial charge in [0.1, 0.15) is 24.4 Å². The van der Waals surface area contributed by atoms with Crippen molar-refractivity contribution >= 4 is 22.8 Å². The number of aromatic nitrogens is 3. The Hall–Kier alpha value is -2.15. The summed E-state index contributed by atoms with van der Waals surface area (Å²) in [6, 6.07) is 0. The minimum atomic E-state index is -0.100. The second-order valence-corrected chi connectivity index (χ2v) is 5.10. The number of H-pyrrole nitrogens is 1. The van der Waals surface area contributed by atoms with Gasteiger partial charge in [-0.2, -0.15) is 0 Å². The lowest BCUT2D eigenvalue weighted by atomic mass is 10.1. The largest absolute Gasteiger partial charge is 0.365 e. The van der Waals surface area contributed by atoms with E-state index in [4.69, 9.17) is 4.74 Å². The van der Waals surface area contributed by atoms with Crippen LogP contribution in [0.1, 0.15) is 12.5 Å². The quantitative estimate of drug-likeness (QED) is 0.836. The number of nitrogens with one attached hydrogen (secondary N) is 2. The van der Waals surface area contributed by atoms with E-state index in [2.05, 4.69) is 32.1 Å². The second-order valence-electron chi connectivity index (χ2n) is 5.10. The average Bonchev–Trinajstić information content (AvgIpc) is 2.89. The Kier molecular flexibility index (Phi) is 3.74. The van der Waals surface area contributed by atoms with Gasteiger partial charge in [0.05, 0.1) is 11.5 Å². The van der Waals surface area contributed by atoms with Gasteiger partial charge in [-0.1, -0.05) is 6.92 Å². The first kappa shape index (κ1) is 13.8. The molecule has 1 amide bonds. The second kappa shape index (κ2) is 5.69. The molecule has 0 bridgehead atoms. The Morgan fingerprint density at radius 1 is 1.52 bits per heavy atom. The fourth-order valence-electron chi connectivity index (χ4n) is 2.51. The third kappa shape index (κ3) is 2.56. The van der Waals surface area contributed by atoms with Gasteiger partial charge < -0.3 is 19.9 Å². The van der Waals surface area contributed by atoms with Crippen molar-refractivity contribution in [3.8, 4) is 0 Å². The summed E-state index contributed by atoms with van der Waals surface area (Å²) in [6.07, 6.45) is 4.58. The van der Waals surface area contributed by atoms with E-state index in [1.165, 1.54) is 5.56 Å². The monoisotopic (exact) mass is 289 g/mol. The number of aromatic amines is 1. The molecule has 1 fully saturated rings. The van der Waals surface area contributed by atoms with Gasteiger partial charge in [0.15, 0.2) is 0 Å². The molecular weight excluding hydrogens is 270 g/mol. The molecule has 3 rings (SSSR count). The summed E-state index contributed by atoms with van der Waals surface area (Å²) in [4.78, 5) is 25.2. The fraction of sp³-hybridized carbons (Fsp3) is 0.500. The van der Waals surface area contributed by atoms with E-state index in [9.17, 15) is 4.79 Å². The van der Waals surface area contributed by atoms with Crippen LogP contribution in [-0.2, 0) is 16.0 Å². The van der Waals surface area contributed by atoms with Crippen molar-refractivity contribution in [1.82, 2.24) is 20.3 Å². The van der Waals surface area contributed by atoms with Crippen LogP contribution >= 0.6 is 0 Å². The summed E-state index contributed by atoms with van der Waals surface area (Å²) in [7, 11) is 1.61. The number of fused-ring (bicyclic) bond motifs is 1. The Morgan fingerprint density at radius 2 is 2.33 bits per heavy atom. The smallest absolute Gasteiger partial charge is 0.245 e. The highest BCUT2D eigenvalue weighted by Crippen LogP contribution is 2.30. The van der Waals surface area contributed by atoms with E-state index in [1.54, 1.807) is 13.4 Å². The predicted octanol–water partition coefficient (Wildman–Crippen LogP) is 0.472. The van der Waals surface area contributed by atoms with E-state index in [1.807, 2.05) is 6.20 Å². The Morgan fingerprint density at radius 3 is 3.05 bits per heavy atom. The van der Waals surface area contributed by atoms with Crippen molar-refractivity contribution in [1.29, 1.82) is 0 Å². The molecule has 2 aromatic heterocycles. The van der Waals surface area contributed by atoms with Gasteiger partial charge in [-0.15, -0.1) is 0 Å². The topological polar surface area (TPSA) is 83.1 Å². The number of likely N-dealkylation sites (N-methyl/N-ethyl adjacent to an activating group) is 1. The highest BCUT2D eigenvalue weighted by atomic mass is 16.5. The van der Waals surface area contributed by atoms with Crippen LogP contribution in [0.4, 0.5) is 5.82 Å². The van der Waals surface area contributed by atoms with Crippen molar-refractivity contribution in [3.05, 3.63) is 18.1 Å².